The number of aromatic nitrogens is 3. The van der Waals surface area contributed by atoms with Gasteiger partial charge in [0.1, 0.15) is 0 Å². The van der Waals surface area contributed by atoms with Crippen LogP contribution in [-0.2, 0) is 17.8 Å². The summed E-state index contributed by atoms with van der Waals surface area (Å²) in [6, 6.07) is 16.5. The van der Waals surface area contributed by atoms with Crippen molar-refractivity contribution >= 4 is 17.7 Å². The molecule has 1 heterocycles. The third-order valence-electron chi connectivity index (χ3n) is 4.39. The molecule has 2 aromatic carbocycles. The van der Waals surface area contributed by atoms with E-state index in [4.69, 9.17) is 0 Å². The number of aryl methyl sites for hydroxylation is 2. The summed E-state index contributed by atoms with van der Waals surface area (Å²) in [6.45, 7) is 4.78. The fourth-order valence-electron chi connectivity index (χ4n) is 2.63. The van der Waals surface area contributed by atoms with Gasteiger partial charge in [0, 0.05) is 19.2 Å². The van der Waals surface area contributed by atoms with Gasteiger partial charge >= 0.3 is 0 Å². The predicted octanol–water partition coefficient (Wildman–Crippen LogP) is 4.09. The lowest BCUT2D eigenvalue weighted by molar-refractivity contribution is -0.127. The molecule has 0 aliphatic rings. The van der Waals surface area contributed by atoms with Crippen LogP contribution in [0.4, 0.5) is 0 Å². The van der Waals surface area contributed by atoms with Gasteiger partial charge in [-0.15, -0.1) is 5.10 Å². The van der Waals surface area contributed by atoms with Crippen molar-refractivity contribution in [1.29, 1.82) is 0 Å². The quantitative estimate of drug-likeness (QED) is 0.627. The predicted molar refractivity (Wildman–Crippen MR) is 110 cm³/mol. The largest absolute Gasteiger partial charge is 0.341 e. The van der Waals surface area contributed by atoms with E-state index in [9.17, 15) is 4.79 Å². The number of hydrogen-bond donors (Lipinski definition) is 1. The summed E-state index contributed by atoms with van der Waals surface area (Å²) in [5.41, 5.74) is 4.62. The molecule has 0 radical (unpaired) electrons. The summed E-state index contributed by atoms with van der Waals surface area (Å²) >= 11 is 1.35. The van der Waals surface area contributed by atoms with Gasteiger partial charge in [-0.1, -0.05) is 72.8 Å². The van der Waals surface area contributed by atoms with Gasteiger partial charge in [0.05, 0.1) is 5.75 Å². The zero-order valence-electron chi connectivity index (χ0n) is 15.9. The minimum absolute atomic E-state index is 0.0567. The van der Waals surface area contributed by atoms with Crippen molar-refractivity contribution in [2.75, 3.05) is 12.8 Å². The second kappa shape index (κ2) is 8.86. The Morgan fingerprint density at radius 2 is 1.74 bits per heavy atom. The summed E-state index contributed by atoms with van der Waals surface area (Å²) < 4.78 is 0. The Morgan fingerprint density at radius 1 is 1.07 bits per heavy atom. The Kier molecular flexibility index (Phi) is 6.29. The van der Waals surface area contributed by atoms with Gasteiger partial charge in [0.2, 0.25) is 11.1 Å². The van der Waals surface area contributed by atoms with Crippen molar-refractivity contribution in [2.45, 2.75) is 32.0 Å². The van der Waals surface area contributed by atoms with Crippen LogP contribution in [0, 0.1) is 6.92 Å². The minimum Gasteiger partial charge on any atom is -0.341 e. The van der Waals surface area contributed by atoms with E-state index in [1.54, 1.807) is 4.90 Å². The number of nitrogens with zero attached hydrogens (tertiary/aromatic N) is 3. The number of amides is 1. The van der Waals surface area contributed by atoms with Crippen molar-refractivity contribution < 1.29 is 4.79 Å². The fraction of sp³-hybridized carbons (Fsp3) is 0.286. The molecule has 6 heteroatoms. The maximum absolute atomic E-state index is 12.4. The highest BCUT2D eigenvalue weighted by molar-refractivity contribution is 7.99. The number of aromatic amines is 1. The van der Waals surface area contributed by atoms with Gasteiger partial charge in [0.15, 0.2) is 5.82 Å². The van der Waals surface area contributed by atoms with Crippen LogP contribution in [0.1, 0.15) is 23.6 Å². The van der Waals surface area contributed by atoms with Gasteiger partial charge in [-0.05, 0) is 24.5 Å². The molecule has 5 nitrogen and oxygen atoms in total. The third-order valence-corrected chi connectivity index (χ3v) is 5.22. The van der Waals surface area contributed by atoms with Crippen molar-refractivity contribution in [2.24, 2.45) is 0 Å². The van der Waals surface area contributed by atoms with Crippen molar-refractivity contribution in [3.8, 4) is 11.4 Å². The molecule has 27 heavy (non-hydrogen) atoms. The molecule has 0 fully saturated rings. The zero-order chi connectivity index (χ0) is 19.2. The highest BCUT2D eigenvalue weighted by Gasteiger charge is 2.13. The lowest BCUT2D eigenvalue weighted by Crippen LogP contribution is -2.27. The SMILES string of the molecule is CCc1ccc(CN(C)C(=O)CSc2n[nH]c(-c3ccc(C)cc3)n2)cc1. The maximum Gasteiger partial charge on any atom is 0.233 e. The Labute approximate surface area is 164 Å². The number of nitrogens with one attached hydrogen (secondary N) is 1. The molecule has 0 saturated heterocycles. The maximum atomic E-state index is 12.4. The van der Waals surface area contributed by atoms with Gasteiger partial charge < -0.3 is 4.90 Å². The molecule has 0 bridgehead atoms. The highest BCUT2D eigenvalue weighted by Crippen LogP contribution is 2.20. The topological polar surface area (TPSA) is 61.9 Å². The normalized spacial score (nSPS) is 10.8. The number of carbonyl (C=O) groups excluding carboxylic acids is 1. The van der Waals surface area contributed by atoms with Crippen LogP contribution >= 0.6 is 11.8 Å². The van der Waals surface area contributed by atoms with Crippen molar-refractivity contribution in [3.05, 3.63) is 65.2 Å². The first-order valence-electron chi connectivity index (χ1n) is 8.99. The standard InChI is InChI=1S/C21H24N4OS/c1-4-16-7-9-17(10-8-16)13-25(3)19(26)14-27-21-22-20(23-24-21)18-11-5-15(2)6-12-18/h5-12H,4,13-14H2,1-3H3,(H,22,23,24). The van der Waals surface area contributed by atoms with E-state index in [0.717, 1.165) is 17.5 Å². The van der Waals surface area contributed by atoms with Crippen LogP contribution in [0.5, 0.6) is 0 Å². The van der Waals surface area contributed by atoms with Crippen LogP contribution in [-0.4, -0.2) is 38.8 Å². The average molecular weight is 381 g/mol. The zero-order valence-corrected chi connectivity index (χ0v) is 16.7. The van der Waals surface area contributed by atoms with E-state index in [0.29, 0.717) is 23.3 Å². The summed E-state index contributed by atoms with van der Waals surface area (Å²) in [7, 11) is 1.83. The monoisotopic (exact) mass is 380 g/mol. The molecule has 1 N–H and O–H groups in total. The van der Waals surface area contributed by atoms with E-state index in [-0.39, 0.29) is 5.91 Å². The fourth-order valence-corrected chi connectivity index (χ4v) is 3.37. The highest BCUT2D eigenvalue weighted by atomic mass is 32.2. The minimum atomic E-state index is 0.0567. The first kappa shape index (κ1) is 19.2. The molecule has 0 aliphatic heterocycles. The molecule has 0 aliphatic carbocycles. The van der Waals surface area contributed by atoms with E-state index in [2.05, 4.69) is 46.4 Å². The molecule has 1 amide bonds. The van der Waals surface area contributed by atoms with Crippen LogP contribution < -0.4 is 0 Å². The van der Waals surface area contributed by atoms with Crippen LogP contribution in [0.15, 0.2) is 53.7 Å². The average Bonchev–Trinajstić information content (AvgIpc) is 3.16. The number of carbonyl (C=O) groups is 1. The second-order valence-electron chi connectivity index (χ2n) is 6.54. The van der Waals surface area contributed by atoms with Gasteiger partial charge in [-0.3, -0.25) is 9.89 Å². The van der Waals surface area contributed by atoms with Gasteiger partial charge in [-0.2, -0.15) is 0 Å². The number of H-pyrrole nitrogens is 1. The Morgan fingerprint density at radius 3 is 2.41 bits per heavy atom. The molecule has 3 rings (SSSR count). The van der Waals surface area contributed by atoms with E-state index < -0.39 is 0 Å². The molecule has 0 atom stereocenters. The van der Waals surface area contributed by atoms with Crippen molar-refractivity contribution in [1.82, 2.24) is 20.1 Å². The third kappa shape index (κ3) is 5.20. The summed E-state index contributed by atoms with van der Waals surface area (Å²) in [6.07, 6.45) is 1.02. The first-order valence-corrected chi connectivity index (χ1v) is 9.97. The molecule has 0 saturated carbocycles. The molecular weight excluding hydrogens is 356 g/mol. The summed E-state index contributed by atoms with van der Waals surface area (Å²) in [4.78, 5) is 18.6. The molecule has 140 valence electrons. The van der Waals surface area contributed by atoms with Crippen molar-refractivity contribution in [3.63, 3.8) is 0 Å². The lowest BCUT2D eigenvalue weighted by atomic mass is 10.1. The van der Waals surface area contributed by atoms with Gasteiger partial charge in [0.25, 0.3) is 0 Å². The lowest BCUT2D eigenvalue weighted by Gasteiger charge is -2.17. The Bertz CT molecular complexity index is 887. The second-order valence-corrected chi connectivity index (χ2v) is 7.48. The van der Waals surface area contributed by atoms with E-state index in [1.807, 2.05) is 38.2 Å². The molecular formula is C21H24N4OS. The summed E-state index contributed by atoms with van der Waals surface area (Å²) in [5.74, 6) is 1.09. The number of thioether (sulfide) groups is 1. The van der Waals surface area contributed by atoms with Crippen LogP contribution in [0.2, 0.25) is 0 Å². The number of rotatable bonds is 7. The Balaban J connectivity index is 1.53. The smallest absolute Gasteiger partial charge is 0.233 e. The number of hydrogen-bond acceptors (Lipinski definition) is 4. The van der Waals surface area contributed by atoms with E-state index in [1.165, 1.54) is 22.9 Å². The number of benzene rings is 2. The van der Waals surface area contributed by atoms with Crippen LogP contribution in [0.25, 0.3) is 11.4 Å². The van der Waals surface area contributed by atoms with Crippen LogP contribution in [0.3, 0.4) is 0 Å². The molecule has 0 spiro atoms. The molecule has 0 unspecified atom stereocenters. The first-order chi connectivity index (χ1) is 13.0. The van der Waals surface area contributed by atoms with E-state index >= 15 is 0 Å². The molecule has 1 aromatic heterocycles. The summed E-state index contributed by atoms with van der Waals surface area (Å²) in [5, 5.41) is 7.73. The Hall–Kier alpha value is -2.60. The molecule has 3 aromatic rings. The van der Waals surface area contributed by atoms with Gasteiger partial charge in [-0.25, -0.2) is 4.98 Å².